The van der Waals surface area contributed by atoms with Crippen LogP contribution in [0, 0.1) is 27.2 Å². The average molecular weight is 173 g/mol. The third kappa shape index (κ3) is 1.16. The fourth-order valence-corrected chi connectivity index (χ4v) is 2.46. The number of fused-ring (bicyclic) bond motifs is 1. The molecule has 0 heteroatoms. The summed E-state index contributed by atoms with van der Waals surface area (Å²) in [6.45, 7) is 9.02. The zero-order valence-electron chi connectivity index (χ0n) is 8.94. The first-order valence-electron chi connectivity index (χ1n) is 5.05. The number of hydrogen-bond acceptors (Lipinski definition) is 0. The molecule has 0 fully saturated rings. The molecule has 0 N–H and O–H groups in total. The van der Waals surface area contributed by atoms with E-state index in [1.807, 2.05) is 0 Å². The average Bonchev–Trinajstić information content (AvgIpc) is 2.44. The van der Waals surface area contributed by atoms with Gasteiger partial charge in [0.2, 0.25) is 0 Å². The first-order chi connectivity index (χ1) is 6.11. The lowest BCUT2D eigenvalue weighted by atomic mass is 9.92. The van der Waals surface area contributed by atoms with Crippen LogP contribution >= 0.6 is 0 Å². The summed E-state index contributed by atoms with van der Waals surface area (Å²) in [5, 5.41) is 0. The Morgan fingerprint density at radius 1 is 1.23 bits per heavy atom. The summed E-state index contributed by atoms with van der Waals surface area (Å²) in [6.07, 6.45) is 3.61. The molecule has 1 aliphatic carbocycles. The molecule has 0 spiro atoms. The lowest BCUT2D eigenvalue weighted by molar-refractivity contribution is 0.797. The quantitative estimate of drug-likeness (QED) is 0.525. The van der Waals surface area contributed by atoms with E-state index in [0.717, 1.165) is 5.92 Å². The Bertz CT molecular complexity index is 348. The minimum atomic E-state index is 0.730. The Balaban J connectivity index is 2.70. The second-order valence-electron chi connectivity index (χ2n) is 4.30. The molecule has 0 aromatic heterocycles. The molecule has 1 aromatic rings. The van der Waals surface area contributed by atoms with E-state index in [0.29, 0.717) is 0 Å². The summed E-state index contributed by atoms with van der Waals surface area (Å²) < 4.78 is 0. The molecule has 0 nitrogen and oxygen atoms in total. The van der Waals surface area contributed by atoms with Crippen LogP contribution in [0.1, 0.15) is 47.1 Å². The lowest BCUT2D eigenvalue weighted by Crippen LogP contribution is -1.96. The first kappa shape index (κ1) is 8.68. The van der Waals surface area contributed by atoms with Gasteiger partial charge in [-0.1, -0.05) is 0 Å². The molecular formula is C13H17+. The maximum absolute atomic E-state index is 2.39. The summed E-state index contributed by atoms with van der Waals surface area (Å²) in [4.78, 5) is 0. The molecule has 1 atom stereocenters. The van der Waals surface area contributed by atoms with Crippen LogP contribution in [0.25, 0.3) is 0 Å². The molecule has 68 valence electrons. The van der Waals surface area contributed by atoms with Gasteiger partial charge < -0.3 is 0 Å². The Hall–Kier alpha value is -0.910. The van der Waals surface area contributed by atoms with Crippen LogP contribution in [0.5, 0.6) is 0 Å². The number of hydrogen-bond donors (Lipinski definition) is 0. The highest BCUT2D eigenvalue weighted by Gasteiger charge is 2.31. The van der Waals surface area contributed by atoms with Crippen molar-refractivity contribution in [2.75, 3.05) is 0 Å². The highest BCUT2D eigenvalue weighted by Crippen LogP contribution is 2.39. The van der Waals surface area contributed by atoms with E-state index in [4.69, 9.17) is 0 Å². The molecule has 1 aromatic carbocycles. The van der Waals surface area contributed by atoms with Gasteiger partial charge in [-0.15, -0.1) is 0 Å². The minimum absolute atomic E-state index is 0.730. The van der Waals surface area contributed by atoms with Gasteiger partial charge in [0.1, 0.15) is 5.56 Å². The molecule has 2 rings (SSSR count). The van der Waals surface area contributed by atoms with Crippen molar-refractivity contribution in [2.24, 2.45) is 0 Å². The van der Waals surface area contributed by atoms with E-state index in [9.17, 15) is 0 Å². The molecule has 0 amide bonds. The van der Waals surface area contributed by atoms with Gasteiger partial charge in [0, 0.05) is 37.3 Å². The van der Waals surface area contributed by atoms with Crippen molar-refractivity contribution in [3.8, 4) is 0 Å². The van der Waals surface area contributed by atoms with E-state index in [-0.39, 0.29) is 0 Å². The van der Waals surface area contributed by atoms with Gasteiger partial charge in [0.15, 0.2) is 0 Å². The monoisotopic (exact) mass is 173 g/mol. The van der Waals surface area contributed by atoms with E-state index in [1.165, 1.54) is 28.7 Å². The van der Waals surface area contributed by atoms with Crippen LogP contribution < -0.4 is 0 Å². The summed E-state index contributed by atoms with van der Waals surface area (Å²) in [6, 6.07) is 2.31. The third-order valence-corrected chi connectivity index (χ3v) is 3.31. The summed E-state index contributed by atoms with van der Waals surface area (Å²) in [5.41, 5.74) is 7.50. The topological polar surface area (TPSA) is 0 Å². The van der Waals surface area contributed by atoms with Gasteiger partial charge in [0.05, 0.1) is 11.1 Å². The van der Waals surface area contributed by atoms with Crippen LogP contribution in [0.4, 0.5) is 0 Å². The van der Waals surface area contributed by atoms with Crippen molar-refractivity contribution >= 4 is 0 Å². The van der Waals surface area contributed by atoms with Gasteiger partial charge in [-0.3, -0.25) is 0 Å². The summed E-state index contributed by atoms with van der Waals surface area (Å²) >= 11 is 0. The van der Waals surface area contributed by atoms with Crippen LogP contribution in [0.2, 0.25) is 0 Å². The zero-order chi connectivity index (χ0) is 9.59. The lowest BCUT2D eigenvalue weighted by Gasteiger charge is -2.06. The number of aryl methyl sites for hydroxylation is 2. The smallest absolute Gasteiger partial charge is 0.0451 e. The fourth-order valence-electron chi connectivity index (χ4n) is 2.46. The maximum atomic E-state index is 2.39. The first-order valence-corrected chi connectivity index (χ1v) is 5.05. The molecule has 1 unspecified atom stereocenters. The van der Waals surface area contributed by atoms with Crippen molar-refractivity contribution in [3.05, 3.63) is 40.3 Å². The molecule has 0 saturated heterocycles. The largest absolute Gasteiger partial charge is 0.136 e. The molecule has 0 saturated carbocycles. The van der Waals surface area contributed by atoms with Crippen LogP contribution in [-0.4, -0.2) is 0 Å². The van der Waals surface area contributed by atoms with Crippen LogP contribution in [-0.2, 0) is 0 Å². The van der Waals surface area contributed by atoms with Crippen molar-refractivity contribution < 1.29 is 0 Å². The normalized spacial score (nSPS) is 19.8. The van der Waals surface area contributed by atoms with E-state index in [1.54, 1.807) is 5.56 Å². The van der Waals surface area contributed by atoms with E-state index < -0.39 is 0 Å². The van der Waals surface area contributed by atoms with Gasteiger partial charge >= 0.3 is 0 Å². The summed E-state index contributed by atoms with van der Waals surface area (Å²) in [7, 11) is 0. The second kappa shape index (κ2) is 2.80. The van der Waals surface area contributed by atoms with E-state index in [2.05, 4.69) is 40.2 Å². The van der Waals surface area contributed by atoms with Gasteiger partial charge in [-0.25, -0.2) is 0 Å². The van der Waals surface area contributed by atoms with Gasteiger partial charge in [0.25, 0.3) is 0 Å². The summed E-state index contributed by atoms with van der Waals surface area (Å²) in [5.74, 6) is 0.730. The van der Waals surface area contributed by atoms with Crippen molar-refractivity contribution in [1.82, 2.24) is 0 Å². The van der Waals surface area contributed by atoms with Crippen molar-refractivity contribution in [1.29, 1.82) is 0 Å². The molecule has 0 bridgehead atoms. The standard InChI is InChI=1S/C13H17/c1-8-5-6-12-10(3)7-9(2)11(4)13(8)12/h6-8H,5H2,1-4H3/q+1. The fraction of sp³-hybridized carbons (Fsp3) is 0.462. The highest BCUT2D eigenvalue weighted by molar-refractivity contribution is 5.52. The molecule has 0 radical (unpaired) electrons. The van der Waals surface area contributed by atoms with Crippen LogP contribution in [0.3, 0.4) is 0 Å². The van der Waals surface area contributed by atoms with E-state index >= 15 is 0 Å². The molecule has 13 heavy (non-hydrogen) atoms. The third-order valence-electron chi connectivity index (χ3n) is 3.31. The Labute approximate surface area is 81.0 Å². The van der Waals surface area contributed by atoms with Crippen molar-refractivity contribution in [3.63, 3.8) is 0 Å². The minimum Gasteiger partial charge on any atom is -0.0451 e. The predicted molar refractivity (Wildman–Crippen MR) is 57.1 cm³/mol. The van der Waals surface area contributed by atoms with Crippen LogP contribution in [0.15, 0.2) is 6.07 Å². The Kier molecular flexibility index (Phi) is 1.87. The number of benzene rings is 1. The number of rotatable bonds is 0. The Morgan fingerprint density at radius 2 is 1.92 bits per heavy atom. The highest BCUT2D eigenvalue weighted by atomic mass is 14.3. The molecule has 1 aliphatic rings. The molecule has 0 heterocycles. The predicted octanol–water partition coefficient (Wildman–Crippen LogP) is 3.67. The Morgan fingerprint density at radius 3 is 2.62 bits per heavy atom. The van der Waals surface area contributed by atoms with Crippen molar-refractivity contribution in [2.45, 2.75) is 40.0 Å². The van der Waals surface area contributed by atoms with Gasteiger partial charge in [-0.2, -0.15) is 0 Å². The van der Waals surface area contributed by atoms with Gasteiger partial charge in [-0.05, 0) is 26.3 Å². The molecule has 0 aliphatic heterocycles. The maximum Gasteiger partial charge on any atom is 0.136 e. The second-order valence-corrected chi connectivity index (χ2v) is 4.30. The SMILES string of the molecule is Cc1cc(C)c2c(c1C)C(C)C[CH+]2. The molecular weight excluding hydrogens is 156 g/mol. The zero-order valence-corrected chi connectivity index (χ0v) is 8.94.